The first-order valence-corrected chi connectivity index (χ1v) is 7.99. The molecule has 23 heavy (non-hydrogen) atoms. The van der Waals surface area contributed by atoms with E-state index in [1.54, 1.807) is 6.07 Å². The third-order valence-corrected chi connectivity index (χ3v) is 3.84. The van der Waals surface area contributed by atoms with E-state index in [0.717, 1.165) is 12.0 Å². The predicted molar refractivity (Wildman–Crippen MR) is 92.5 cm³/mol. The van der Waals surface area contributed by atoms with E-state index in [1.807, 2.05) is 55.5 Å². The molecule has 5 heteroatoms. The highest BCUT2D eigenvalue weighted by atomic mass is 35.5. The highest BCUT2D eigenvalue weighted by molar-refractivity contribution is 6.32. The lowest BCUT2D eigenvalue weighted by Crippen LogP contribution is -2.40. The van der Waals surface area contributed by atoms with Gasteiger partial charge in [-0.1, -0.05) is 61.0 Å². The molecule has 0 saturated heterocycles. The van der Waals surface area contributed by atoms with Crippen LogP contribution in [0, 0.1) is 0 Å². The largest absolute Gasteiger partial charge is 0.487 e. The Morgan fingerprint density at radius 3 is 2.48 bits per heavy atom. The molecule has 122 valence electrons. The normalized spacial score (nSPS) is 13.2. The molecule has 0 fully saturated rings. The molecule has 0 heterocycles. The number of rotatable bonds is 7. The third kappa shape index (κ3) is 4.98. The van der Waals surface area contributed by atoms with Gasteiger partial charge >= 0.3 is 0 Å². The molecule has 0 spiro atoms. The summed E-state index contributed by atoms with van der Waals surface area (Å²) in [5.74, 6) is 0.389. The van der Waals surface area contributed by atoms with Crippen molar-refractivity contribution in [3.05, 3.63) is 65.2 Å². The van der Waals surface area contributed by atoms with Crippen molar-refractivity contribution in [1.82, 2.24) is 5.32 Å². The highest BCUT2D eigenvalue weighted by Crippen LogP contribution is 2.24. The number of hydrogen-bond acceptors (Lipinski definition) is 3. The van der Waals surface area contributed by atoms with Crippen molar-refractivity contribution in [2.45, 2.75) is 25.5 Å². The number of nitrogens with two attached hydrogens (primary N) is 1. The first-order chi connectivity index (χ1) is 11.1. The van der Waals surface area contributed by atoms with Gasteiger partial charge in [0.25, 0.3) is 0 Å². The zero-order valence-electron chi connectivity index (χ0n) is 13.0. The molecule has 0 aliphatic rings. The van der Waals surface area contributed by atoms with Crippen molar-refractivity contribution in [2.24, 2.45) is 5.73 Å². The van der Waals surface area contributed by atoms with Gasteiger partial charge in [0.2, 0.25) is 5.91 Å². The van der Waals surface area contributed by atoms with E-state index in [9.17, 15) is 4.79 Å². The lowest BCUT2D eigenvalue weighted by molar-refractivity contribution is -0.122. The maximum atomic E-state index is 12.2. The number of nitrogens with one attached hydrogen (secondary N) is 1. The summed E-state index contributed by atoms with van der Waals surface area (Å²) in [6.45, 7) is 2.37. The summed E-state index contributed by atoms with van der Waals surface area (Å²) in [5, 5.41) is 3.39. The van der Waals surface area contributed by atoms with E-state index in [0.29, 0.717) is 17.3 Å². The number of hydrogen-bond donors (Lipinski definition) is 2. The van der Waals surface area contributed by atoms with Crippen LogP contribution in [0.1, 0.15) is 24.9 Å². The Labute approximate surface area is 141 Å². The molecule has 1 amide bonds. The van der Waals surface area contributed by atoms with Crippen LogP contribution in [-0.4, -0.2) is 18.6 Å². The van der Waals surface area contributed by atoms with E-state index in [4.69, 9.17) is 22.1 Å². The van der Waals surface area contributed by atoms with Gasteiger partial charge in [0.05, 0.1) is 11.6 Å². The molecule has 4 nitrogen and oxygen atoms in total. The fraction of sp³-hybridized carbons (Fsp3) is 0.278. The number of carbonyl (C=O) groups excluding carboxylic acids is 1. The Balaban J connectivity index is 1.90. The SMILES string of the molecule is CCC(CNC(=O)C(N)c1ccccc1)Oc1ccccc1Cl. The quantitative estimate of drug-likeness (QED) is 0.817. The van der Waals surface area contributed by atoms with E-state index in [2.05, 4.69) is 5.32 Å². The van der Waals surface area contributed by atoms with E-state index >= 15 is 0 Å². The monoisotopic (exact) mass is 332 g/mol. The molecule has 0 aliphatic carbocycles. The van der Waals surface area contributed by atoms with Crippen molar-refractivity contribution in [2.75, 3.05) is 6.54 Å². The second-order valence-corrected chi connectivity index (χ2v) is 5.62. The number of carbonyl (C=O) groups is 1. The van der Waals surface area contributed by atoms with Gasteiger partial charge in [0.15, 0.2) is 0 Å². The van der Waals surface area contributed by atoms with Gasteiger partial charge < -0.3 is 15.8 Å². The highest BCUT2D eigenvalue weighted by Gasteiger charge is 2.17. The molecule has 0 saturated carbocycles. The summed E-state index contributed by atoms with van der Waals surface area (Å²) in [5.41, 5.74) is 6.75. The van der Waals surface area contributed by atoms with Crippen molar-refractivity contribution in [3.63, 3.8) is 0 Å². The Morgan fingerprint density at radius 2 is 1.83 bits per heavy atom. The van der Waals surface area contributed by atoms with Gasteiger partial charge in [-0.05, 0) is 24.1 Å². The summed E-state index contributed by atoms with van der Waals surface area (Å²) in [6, 6.07) is 15.9. The van der Waals surface area contributed by atoms with Crippen LogP contribution in [0.4, 0.5) is 0 Å². The van der Waals surface area contributed by atoms with Gasteiger partial charge in [-0.15, -0.1) is 0 Å². The van der Waals surface area contributed by atoms with Crippen LogP contribution >= 0.6 is 11.6 Å². The second kappa shape index (κ2) is 8.56. The van der Waals surface area contributed by atoms with Gasteiger partial charge in [-0.3, -0.25) is 4.79 Å². The van der Waals surface area contributed by atoms with Gasteiger partial charge in [0, 0.05) is 0 Å². The van der Waals surface area contributed by atoms with Gasteiger partial charge in [0.1, 0.15) is 17.9 Å². The molecule has 0 aromatic heterocycles. The minimum absolute atomic E-state index is 0.165. The van der Waals surface area contributed by atoms with E-state index in [1.165, 1.54) is 0 Å². The number of amides is 1. The zero-order chi connectivity index (χ0) is 16.7. The zero-order valence-corrected chi connectivity index (χ0v) is 13.8. The summed E-state index contributed by atoms with van der Waals surface area (Å²) < 4.78 is 5.84. The van der Waals surface area contributed by atoms with Gasteiger partial charge in [-0.2, -0.15) is 0 Å². The molecule has 2 atom stereocenters. The van der Waals surface area contributed by atoms with E-state index < -0.39 is 6.04 Å². The first-order valence-electron chi connectivity index (χ1n) is 7.61. The molecule has 0 aliphatic heterocycles. The Morgan fingerprint density at radius 1 is 1.17 bits per heavy atom. The van der Waals surface area contributed by atoms with Crippen molar-refractivity contribution in [3.8, 4) is 5.75 Å². The number of ether oxygens (including phenoxy) is 1. The maximum absolute atomic E-state index is 12.2. The molecule has 2 aromatic carbocycles. The van der Waals surface area contributed by atoms with Crippen molar-refractivity contribution in [1.29, 1.82) is 0 Å². The Bertz CT molecular complexity index is 634. The molecule has 2 rings (SSSR count). The summed E-state index contributed by atoms with van der Waals surface area (Å²) in [4.78, 5) is 12.2. The van der Waals surface area contributed by atoms with Crippen LogP contribution in [0.25, 0.3) is 0 Å². The average molecular weight is 333 g/mol. The van der Waals surface area contributed by atoms with Crippen molar-refractivity contribution < 1.29 is 9.53 Å². The van der Waals surface area contributed by atoms with Crippen LogP contribution in [-0.2, 0) is 4.79 Å². The fourth-order valence-electron chi connectivity index (χ4n) is 2.13. The third-order valence-electron chi connectivity index (χ3n) is 3.53. The fourth-order valence-corrected chi connectivity index (χ4v) is 2.31. The van der Waals surface area contributed by atoms with Crippen molar-refractivity contribution >= 4 is 17.5 Å². The maximum Gasteiger partial charge on any atom is 0.241 e. The molecular weight excluding hydrogens is 312 g/mol. The molecule has 2 unspecified atom stereocenters. The van der Waals surface area contributed by atoms with Crippen LogP contribution in [0.3, 0.4) is 0 Å². The molecule has 0 bridgehead atoms. The average Bonchev–Trinajstić information content (AvgIpc) is 2.60. The van der Waals surface area contributed by atoms with Crippen LogP contribution in [0.15, 0.2) is 54.6 Å². The van der Waals surface area contributed by atoms with E-state index in [-0.39, 0.29) is 12.0 Å². The standard InChI is InChI=1S/C18H21ClN2O2/c1-2-14(23-16-11-7-6-10-15(16)19)12-21-18(22)17(20)13-8-4-3-5-9-13/h3-11,14,17H,2,12,20H2,1H3,(H,21,22). The summed E-state index contributed by atoms with van der Waals surface area (Å²) in [7, 11) is 0. The molecule has 0 radical (unpaired) electrons. The Kier molecular flexibility index (Phi) is 6.44. The molecule has 3 N–H and O–H groups in total. The lowest BCUT2D eigenvalue weighted by Gasteiger charge is -2.20. The predicted octanol–water partition coefficient (Wildman–Crippen LogP) is 3.31. The number of halogens is 1. The summed E-state index contributed by atoms with van der Waals surface area (Å²) >= 11 is 6.09. The first kappa shape index (κ1) is 17.3. The number of para-hydroxylation sites is 1. The second-order valence-electron chi connectivity index (χ2n) is 5.21. The van der Waals surface area contributed by atoms with Crippen LogP contribution < -0.4 is 15.8 Å². The topological polar surface area (TPSA) is 64.4 Å². The van der Waals surface area contributed by atoms with Gasteiger partial charge in [-0.25, -0.2) is 0 Å². The lowest BCUT2D eigenvalue weighted by atomic mass is 10.1. The summed E-state index contributed by atoms with van der Waals surface area (Å²) in [6.07, 6.45) is 0.577. The smallest absolute Gasteiger partial charge is 0.241 e. The minimum Gasteiger partial charge on any atom is -0.487 e. The van der Waals surface area contributed by atoms with Crippen LogP contribution in [0.2, 0.25) is 5.02 Å². The van der Waals surface area contributed by atoms with Crippen LogP contribution in [0.5, 0.6) is 5.75 Å². The number of benzene rings is 2. The minimum atomic E-state index is -0.686. The Hall–Kier alpha value is -2.04. The molecule has 2 aromatic rings. The molecular formula is C18H21ClN2O2.